The molecule has 0 aromatic carbocycles. The van der Waals surface area contributed by atoms with Gasteiger partial charge in [0.25, 0.3) is 0 Å². The number of H-pyrrole nitrogens is 4. The Labute approximate surface area is 732 Å². The van der Waals surface area contributed by atoms with Crippen molar-refractivity contribution in [2.24, 2.45) is 16.0 Å². The van der Waals surface area contributed by atoms with Gasteiger partial charge in [-0.05, 0) is 148 Å². The maximum absolute atomic E-state index is 11.3. The van der Waals surface area contributed by atoms with E-state index >= 15 is 0 Å². The Morgan fingerprint density at radius 3 is 1.37 bits per heavy atom. The minimum Gasteiger partial charge on any atom is -0.449 e. The number of hydrogen-bond donors (Lipinski definition) is 10. The second-order valence-electron chi connectivity index (χ2n) is 33.0. The minimum absolute atomic E-state index is 0.0741. The molecule has 5 aromatic rings. The highest BCUT2D eigenvalue weighted by Gasteiger charge is 2.32. The van der Waals surface area contributed by atoms with Gasteiger partial charge in [0.15, 0.2) is 11.6 Å². The van der Waals surface area contributed by atoms with Crippen molar-refractivity contribution in [3.05, 3.63) is 57.8 Å². The summed E-state index contributed by atoms with van der Waals surface area (Å²) in [5, 5.41) is 37.2. The number of sulfonamides is 2. The van der Waals surface area contributed by atoms with Crippen LogP contribution in [0, 0.1) is 17.2 Å². The summed E-state index contributed by atoms with van der Waals surface area (Å²) < 4.78 is 85.4. The van der Waals surface area contributed by atoms with E-state index in [4.69, 9.17) is 36.4 Å². The van der Waals surface area contributed by atoms with Crippen molar-refractivity contribution in [1.82, 2.24) is 110 Å². The van der Waals surface area contributed by atoms with Crippen LogP contribution in [0.15, 0.2) is 30.5 Å². The SMILES string of the molecule is CC(C)C1=NS(=O)ON1.CC(C)N1CCCCS1(=O)=O.CC(C)N1CCCNC1=O.CC(C)N1CCCOC1=O.CC(C)N1CCCS1(=O)=O.CC(C)N1CCC[C@@H]1CN.CC(C)N1CCNC1=O.CC(C)N1CCOC1=O.CC(C)c1nc(C#N)c(N)o1.CC(C)c1nc(N)n[nH]1.CC(C)c1ncc[nH]1.CC(C)c1nn[nH]n1.CC(C)c1noc(=O)[nH]1. The maximum Gasteiger partial charge on any atom is 0.438 e. The molecule has 0 bridgehead atoms. The molecule has 0 radical (unpaired) electrons. The zero-order valence-electron chi connectivity index (χ0n) is 77.8. The van der Waals surface area contributed by atoms with Gasteiger partial charge >= 0.3 is 41.3 Å². The third-order valence-corrected chi connectivity index (χ3v) is 23.4. The van der Waals surface area contributed by atoms with Crippen molar-refractivity contribution in [2.75, 3.05) is 102 Å². The molecule has 6 amide bonds. The quantitative estimate of drug-likeness (QED) is 0.0494. The van der Waals surface area contributed by atoms with Gasteiger partial charge in [-0.2, -0.15) is 28.4 Å². The molecule has 45 heteroatoms. The number of likely N-dealkylation sites (tertiary alicyclic amines) is 1. The van der Waals surface area contributed by atoms with Gasteiger partial charge in [0, 0.05) is 149 Å². The number of nitrogens with two attached hydrogens (primary N) is 3. The highest BCUT2D eigenvalue weighted by molar-refractivity contribution is 7.89. The largest absolute Gasteiger partial charge is 0.449 e. The van der Waals surface area contributed by atoms with Crippen LogP contribution in [-0.4, -0.2) is 284 Å². The number of hydroxylamine groups is 1. The summed E-state index contributed by atoms with van der Waals surface area (Å²) in [6, 6.07) is 4.82. The molecule has 5 aromatic heterocycles. The second-order valence-corrected chi connectivity index (χ2v) is 37.9. The first kappa shape index (κ1) is 112. The number of nitrogens with one attached hydrogen (secondary N) is 7. The van der Waals surface area contributed by atoms with Crippen LogP contribution in [0.1, 0.15) is 289 Å². The number of hydrogen-bond acceptors (Lipinski definition) is 29. The predicted molar refractivity (Wildman–Crippen MR) is 477 cm³/mol. The number of oxazole rings is 1. The number of amidine groups is 1. The molecule has 8 aliphatic rings. The highest BCUT2D eigenvalue weighted by Crippen LogP contribution is 2.22. The van der Waals surface area contributed by atoms with Gasteiger partial charge in [-0.25, -0.2) is 60.5 Å². The summed E-state index contributed by atoms with van der Waals surface area (Å²) in [5.41, 5.74) is 18.9. The van der Waals surface area contributed by atoms with E-state index in [2.05, 4.69) is 123 Å². The Morgan fingerprint density at radius 2 is 1.10 bits per heavy atom. The summed E-state index contributed by atoms with van der Waals surface area (Å²) >= 11 is -1.50. The van der Waals surface area contributed by atoms with E-state index in [1.807, 2.05) is 174 Å². The van der Waals surface area contributed by atoms with Crippen LogP contribution in [0.25, 0.3) is 0 Å². The number of carbonyl (C=O) groups is 4. The Balaban J connectivity index is 0.000000667. The van der Waals surface area contributed by atoms with E-state index in [9.17, 15) is 45.0 Å². The van der Waals surface area contributed by atoms with Crippen molar-refractivity contribution in [3.8, 4) is 6.07 Å². The number of aromatic amines is 4. The molecule has 13 N–H and O–H groups in total. The van der Waals surface area contributed by atoms with Gasteiger partial charge in [0.05, 0.1) is 24.7 Å². The van der Waals surface area contributed by atoms with Gasteiger partial charge in [0.2, 0.25) is 43.5 Å². The molecule has 7 fully saturated rings. The number of urea groups is 2. The smallest absolute Gasteiger partial charge is 0.438 e. The lowest BCUT2D eigenvalue weighted by Gasteiger charge is -2.30. The zero-order valence-corrected chi connectivity index (χ0v) is 80.2. The fraction of sp³-hybridized carbons (Fsp3) is 0.782. The summed E-state index contributed by atoms with van der Waals surface area (Å²) in [5.74, 6) is 6.93. The van der Waals surface area contributed by atoms with Gasteiger partial charge in [-0.3, -0.25) is 19.5 Å². The number of anilines is 2. The number of amides is 6. The fourth-order valence-electron chi connectivity index (χ4n) is 11.6. The summed E-state index contributed by atoms with van der Waals surface area (Å²) in [7, 11) is -5.74. The lowest BCUT2D eigenvalue weighted by atomic mass is 10.2. The normalized spacial score (nSPS) is 18.3. The third-order valence-electron chi connectivity index (χ3n) is 18.6. The third kappa shape index (κ3) is 43.5. The van der Waals surface area contributed by atoms with Gasteiger partial charge in [-0.15, -0.1) is 19.7 Å². The van der Waals surface area contributed by atoms with Crippen LogP contribution in [0.5, 0.6) is 0 Å². The molecule has 1 unspecified atom stereocenters. The number of nitrogen functional groups attached to an aromatic ring is 2. The van der Waals surface area contributed by atoms with Crippen LogP contribution in [-0.2, 0) is 45.1 Å². The predicted octanol–water partition coefficient (Wildman–Crippen LogP) is 9.64. The van der Waals surface area contributed by atoms with Crippen LogP contribution in [0.3, 0.4) is 0 Å². The molecule has 2 atom stereocenters. The van der Waals surface area contributed by atoms with Crippen LogP contribution in [0.4, 0.5) is 31.0 Å². The molecule has 42 nitrogen and oxygen atoms in total. The number of cyclic esters (lactones) is 2. The average molecular weight is 1800 g/mol. The Hall–Kier alpha value is -8.94. The molecule has 13 heterocycles. The van der Waals surface area contributed by atoms with Crippen LogP contribution in [0.2, 0.25) is 0 Å². The first-order valence-electron chi connectivity index (χ1n) is 42.5. The topological polar surface area (TPSA) is 564 Å². The standard InChI is InChI=1S/C8H18N2.C7H9N3O.C7H14N2O.C7H15NO2S.C7H13NO2.C6H12N2O.C6H10N2.C6H13NO2S.C6H11NO2.C5H10N4.C5H8N2O2.C4H8N4.C4H8N2O2S/c1-7(2)10-5-3-4-8(10)6-9;1-4(2)7-10-5(3-8)6(9)11-7;1-6(2)9-5-3-4-8-7(9)10;1-7(2)8-5-3-4-6-11(8,9)10;1-6(2)8-4-3-5-10-7(8)9;1-5(2)8-4-3-7-6(8)9;1-5(2)6-7-3-4-8-6;1-6(2)7-4-3-5-10(7,8)9;1-5(2)7-3-4-9-6(7)8;1-3(2)4-7-5(6)9-8-4;1-3(2)4-6-5(8)9-7-4;1-3(2)4-5-7-8-6-4;1-3(2)4-5-8-9(7)6-4/h7-8H,3-6,9H2,1-2H3;4H,9H2,1-2H3;6H,3-5H2,1-2H3,(H,8,10);7H,3-6H2,1-2H3;6H,3-5H2,1-2H3;5H,3-4H2,1-2H3,(H,7,9);3-5H,1-2H3,(H,7,8);6H,3-5H2,1-2H3;5H,3-4H2,1-2H3;3H,1-2H3,(H3,6,7,8,9);3H,1-2H3,(H,6,7,8);3H,1-2H3,(H,5,6,7,8);3H,1-2H3,(H,5,6)/t8-;;;;;;;;;;;;/m1............/s1. The first-order chi connectivity index (χ1) is 57.5. The molecule has 0 spiro atoms. The van der Waals surface area contributed by atoms with Gasteiger partial charge in [-0.1, -0.05) is 93.5 Å². The van der Waals surface area contributed by atoms with Crippen molar-refractivity contribution < 1.29 is 62.9 Å². The van der Waals surface area contributed by atoms with Crippen molar-refractivity contribution >= 4 is 73.2 Å². The molecule has 8 aliphatic heterocycles. The van der Waals surface area contributed by atoms with E-state index in [0.29, 0.717) is 103 Å². The van der Waals surface area contributed by atoms with Crippen molar-refractivity contribution in [1.29, 1.82) is 5.26 Å². The highest BCUT2D eigenvalue weighted by atomic mass is 32.2. The molecule has 13 rings (SSSR count). The van der Waals surface area contributed by atoms with E-state index < -0.39 is 37.1 Å². The molecule has 0 saturated carbocycles. The molecule has 123 heavy (non-hydrogen) atoms. The van der Waals surface area contributed by atoms with Crippen molar-refractivity contribution in [3.63, 3.8) is 0 Å². The number of tetrazole rings is 1. The molecule has 704 valence electrons. The number of ether oxygens (including phenoxy) is 2. The Morgan fingerprint density at radius 1 is 0.561 bits per heavy atom. The van der Waals surface area contributed by atoms with Crippen LogP contribution >= 0.6 is 0 Å². The lowest BCUT2D eigenvalue weighted by Crippen LogP contribution is -2.49. The van der Waals surface area contributed by atoms with E-state index in [-0.39, 0.29) is 77.7 Å². The second kappa shape index (κ2) is 58.3. The zero-order chi connectivity index (χ0) is 93.6. The van der Waals surface area contributed by atoms with Gasteiger partial charge in [0.1, 0.15) is 30.2 Å². The average Bonchev–Trinajstić information content (AvgIpc) is 1.48. The number of nitriles is 1. The van der Waals surface area contributed by atoms with E-state index in [1.165, 1.54) is 19.4 Å². The van der Waals surface area contributed by atoms with Crippen LogP contribution < -0.4 is 39.1 Å². The molecular formula is C78H149N27O15S3. The van der Waals surface area contributed by atoms with E-state index in [0.717, 1.165) is 95.4 Å². The maximum atomic E-state index is 11.3. The number of rotatable bonds is 14. The summed E-state index contributed by atoms with van der Waals surface area (Å²) in [6.45, 7) is 61.7. The molecule has 0 aliphatic carbocycles. The minimum atomic E-state index is -2.89. The number of nitrogens with zero attached hydrogens (tertiary/aromatic N) is 17. The summed E-state index contributed by atoms with van der Waals surface area (Å²) in [6.07, 6.45) is 10.6. The molecular weight excluding hydrogens is 1650 g/mol. The summed E-state index contributed by atoms with van der Waals surface area (Å²) in [4.78, 5) is 80.8. The number of imidazole rings is 1. The molecule has 7 saturated heterocycles. The lowest BCUT2D eigenvalue weighted by molar-refractivity contribution is 0.0613. The number of aromatic nitrogens is 12. The van der Waals surface area contributed by atoms with E-state index in [1.54, 1.807) is 24.6 Å². The first-order valence-corrected chi connectivity index (χ1v) is 46.8. The van der Waals surface area contributed by atoms with Gasteiger partial charge < -0.3 is 66.3 Å². The van der Waals surface area contributed by atoms with Crippen molar-refractivity contribution in [2.45, 2.75) is 303 Å². The monoisotopic (exact) mass is 1800 g/mol. The number of carbonyl (C=O) groups excluding carboxylic acids is 4. The Bertz CT molecular complexity index is 4040. The fourth-order valence-corrected chi connectivity index (χ4v) is 15.8. The Kier molecular flexibility index (Phi) is 53.1.